The van der Waals surface area contributed by atoms with E-state index in [0.717, 1.165) is 11.3 Å². The number of sulfonamides is 1. The third-order valence-corrected chi connectivity index (χ3v) is 5.35. The molecule has 1 aliphatic heterocycles. The van der Waals surface area contributed by atoms with E-state index in [1.165, 1.54) is 17.1 Å². The average molecular weight is 371 g/mol. The summed E-state index contributed by atoms with van der Waals surface area (Å²) in [5.74, 6) is 1.21. The van der Waals surface area contributed by atoms with Crippen molar-refractivity contribution in [3.63, 3.8) is 0 Å². The molecule has 26 heavy (non-hydrogen) atoms. The molecule has 1 aliphatic rings. The molecule has 3 aromatic rings. The maximum absolute atomic E-state index is 12.6. The van der Waals surface area contributed by atoms with Gasteiger partial charge in [-0.15, -0.1) is 0 Å². The summed E-state index contributed by atoms with van der Waals surface area (Å²) in [6.45, 7) is 1.03. The van der Waals surface area contributed by atoms with E-state index >= 15 is 0 Å². The molecule has 0 spiro atoms. The lowest BCUT2D eigenvalue weighted by atomic mass is 10.2. The maximum Gasteiger partial charge on any atom is 0.244 e. The summed E-state index contributed by atoms with van der Waals surface area (Å²) in [7, 11) is -3.70. The Balaban J connectivity index is 1.53. The number of nitrogens with zero attached hydrogens (tertiary/aromatic N) is 2. The fourth-order valence-corrected chi connectivity index (χ4v) is 3.63. The minimum Gasteiger partial charge on any atom is -0.486 e. The highest BCUT2D eigenvalue weighted by atomic mass is 32.2. The van der Waals surface area contributed by atoms with Gasteiger partial charge in [-0.1, -0.05) is 30.3 Å². The summed E-state index contributed by atoms with van der Waals surface area (Å²) >= 11 is 0. The van der Waals surface area contributed by atoms with Crippen LogP contribution in [0.2, 0.25) is 0 Å². The van der Waals surface area contributed by atoms with Gasteiger partial charge in [0.05, 0.1) is 18.1 Å². The van der Waals surface area contributed by atoms with Crippen LogP contribution in [0.15, 0.2) is 65.8 Å². The summed E-state index contributed by atoms with van der Waals surface area (Å²) in [6.07, 6.45) is 2.81. The lowest BCUT2D eigenvalue weighted by Crippen LogP contribution is -2.24. The molecule has 0 radical (unpaired) electrons. The molecule has 1 aromatic heterocycles. The molecule has 1 N–H and O–H groups in total. The number of ether oxygens (including phenoxy) is 2. The number of benzene rings is 2. The zero-order chi connectivity index (χ0) is 18.0. The van der Waals surface area contributed by atoms with Crippen molar-refractivity contribution in [1.29, 1.82) is 0 Å². The fraction of sp³-hybridized carbons (Fsp3) is 0.167. The molecule has 134 valence electrons. The van der Waals surface area contributed by atoms with Crippen molar-refractivity contribution in [2.24, 2.45) is 0 Å². The Kier molecular flexibility index (Phi) is 4.36. The van der Waals surface area contributed by atoms with Gasteiger partial charge in [0, 0.05) is 12.1 Å². The second kappa shape index (κ2) is 6.81. The van der Waals surface area contributed by atoms with Crippen molar-refractivity contribution in [2.45, 2.75) is 11.4 Å². The number of rotatable bonds is 5. The van der Waals surface area contributed by atoms with Crippen molar-refractivity contribution in [3.8, 4) is 17.2 Å². The van der Waals surface area contributed by atoms with Gasteiger partial charge in [0.25, 0.3) is 0 Å². The van der Waals surface area contributed by atoms with Crippen molar-refractivity contribution in [1.82, 2.24) is 14.5 Å². The van der Waals surface area contributed by atoms with Crippen LogP contribution >= 0.6 is 0 Å². The van der Waals surface area contributed by atoms with Gasteiger partial charge < -0.3 is 9.47 Å². The third-order valence-electron chi connectivity index (χ3n) is 3.99. The van der Waals surface area contributed by atoms with Crippen molar-refractivity contribution in [3.05, 3.63) is 66.5 Å². The van der Waals surface area contributed by atoms with E-state index in [2.05, 4.69) is 9.82 Å². The monoisotopic (exact) mass is 371 g/mol. The third kappa shape index (κ3) is 3.29. The first-order valence-electron chi connectivity index (χ1n) is 8.11. The number of nitrogens with one attached hydrogen (secondary N) is 1. The number of hydrogen-bond donors (Lipinski definition) is 1. The number of para-hydroxylation sites is 2. The molecule has 2 heterocycles. The minimum absolute atomic E-state index is 0.100. The van der Waals surface area contributed by atoms with E-state index in [9.17, 15) is 8.42 Å². The molecule has 0 amide bonds. The summed E-state index contributed by atoms with van der Waals surface area (Å²) in [4.78, 5) is 0.100. The van der Waals surface area contributed by atoms with Gasteiger partial charge in [-0.05, 0) is 18.2 Å². The minimum atomic E-state index is -3.70. The Morgan fingerprint density at radius 3 is 2.69 bits per heavy atom. The van der Waals surface area contributed by atoms with E-state index in [1.54, 1.807) is 6.07 Å². The van der Waals surface area contributed by atoms with Crippen LogP contribution in [0.5, 0.6) is 11.5 Å². The Labute approximate surface area is 151 Å². The molecule has 0 aliphatic carbocycles. The molecule has 4 rings (SSSR count). The van der Waals surface area contributed by atoms with Gasteiger partial charge in [0.2, 0.25) is 10.0 Å². The molecule has 0 bridgehead atoms. The van der Waals surface area contributed by atoms with Crippen LogP contribution in [0, 0.1) is 0 Å². The molecule has 7 nitrogen and oxygen atoms in total. The van der Waals surface area contributed by atoms with Gasteiger partial charge >= 0.3 is 0 Å². The summed E-state index contributed by atoms with van der Waals surface area (Å²) in [5, 5.41) is 4.13. The molecule has 0 unspecified atom stereocenters. The fourth-order valence-electron chi connectivity index (χ4n) is 2.70. The van der Waals surface area contributed by atoms with Crippen LogP contribution in [-0.4, -0.2) is 31.4 Å². The van der Waals surface area contributed by atoms with Crippen LogP contribution < -0.4 is 14.2 Å². The van der Waals surface area contributed by atoms with Crippen LogP contribution in [0.25, 0.3) is 5.69 Å². The highest BCUT2D eigenvalue weighted by Crippen LogP contribution is 2.33. The zero-order valence-electron chi connectivity index (χ0n) is 13.8. The molecule has 0 fully saturated rings. The number of fused-ring (bicyclic) bond motifs is 1. The molecular weight excluding hydrogens is 354 g/mol. The van der Waals surface area contributed by atoms with Gasteiger partial charge in [-0.2, -0.15) is 5.10 Å². The highest BCUT2D eigenvalue weighted by molar-refractivity contribution is 7.89. The van der Waals surface area contributed by atoms with E-state index in [1.807, 2.05) is 42.5 Å². The SMILES string of the molecule is O=S(=O)(NCc1cccc2c1OCCO2)c1cnn(-c2ccccc2)c1. The van der Waals surface area contributed by atoms with Crippen molar-refractivity contribution >= 4 is 10.0 Å². The topological polar surface area (TPSA) is 82.5 Å². The van der Waals surface area contributed by atoms with Crippen molar-refractivity contribution < 1.29 is 17.9 Å². The second-order valence-corrected chi connectivity index (χ2v) is 7.49. The van der Waals surface area contributed by atoms with Crippen LogP contribution in [-0.2, 0) is 16.6 Å². The second-order valence-electron chi connectivity index (χ2n) is 5.72. The first kappa shape index (κ1) is 16.6. The van der Waals surface area contributed by atoms with E-state index in [-0.39, 0.29) is 11.4 Å². The lowest BCUT2D eigenvalue weighted by Gasteiger charge is -2.21. The molecule has 2 aromatic carbocycles. The number of hydrogen-bond acceptors (Lipinski definition) is 5. The molecule has 0 saturated carbocycles. The first-order valence-corrected chi connectivity index (χ1v) is 9.59. The predicted octanol–water partition coefficient (Wildman–Crippen LogP) is 2.12. The number of aromatic nitrogens is 2. The van der Waals surface area contributed by atoms with E-state index < -0.39 is 10.0 Å². The average Bonchev–Trinajstić information content (AvgIpc) is 3.18. The normalized spacial score (nSPS) is 13.5. The molecule has 0 atom stereocenters. The van der Waals surface area contributed by atoms with Crippen LogP contribution in [0.3, 0.4) is 0 Å². The van der Waals surface area contributed by atoms with Gasteiger partial charge in [0.15, 0.2) is 11.5 Å². The zero-order valence-corrected chi connectivity index (χ0v) is 14.6. The summed E-state index contributed by atoms with van der Waals surface area (Å²) < 4.78 is 40.4. The van der Waals surface area contributed by atoms with Gasteiger partial charge in [-0.25, -0.2) is 17.8 Å². The Hall–Kier alpha value is -2.84. The van der Waals surface area contributed by atoms with Gasteiger partial charge in [0.1, 0.15) is 18.1 Å². The molecular formula is C18H17N3O4S. The highest BCUT2D eigenvalue weighted by Gasteiger charge is 2.20. The van der Waals surface area contributed by atoms with Crippen LogP contribution in [0.1, 0.15) is 5.56 Å². The molecule has 8 heteroatoms. The summed E-state index contributed by atoms with van der Waals surface area (Å²) in [5.41, 5.74) is 1.51. The standard InChI is InChI=1S/C18H17N3O4S/c22-26(23,16-12-19-21(13-16)15-6-2-1-3-7-15)20-11-14-5-4-8-17-18(14)25-10-9-24-17/h1-8,12-13,20H,9-11H2. The smallest absolute Gasteiger partial charge is 0.244 e. The molecule has 0 saturated heterocycles. The van der Waals surface area contributed by atoms with Gasteiger partial charge in [-0.3, -0.25) is 0 Å². The van der Waals surface area contributed by atoms with Crippen molar-refractivity contribution in [2.75, 3.05) is 13.2 Å². The Bertz CT molecular complexity index is 1020. The van der Waals surface area contributed by atoms with Crippen LogP contribution in [0.4, 0.5) is 0 Å². The Morgan fingerprint density at radius 2 is 1.85 bits per heavy atom. The quantitative estimate of drug-likeness (QED) is 0.743. The predicted molar refractivity (Wildman–Crippen MR) is 95.0 cm³/mol. The lowest BCUT2D eigenvalue weighted by molar-refractivity contribution is 0.170. The largest absolute Gasteiger partial charge is 0.486 e. The first-order chi connectivity index (χ1) is 12.6. The van der Waals surface area contributed by atoms with E-state index in [4.69, 9.17) is 9.47 Å². The Morgan fingerprint density at radius 1 is 1.04 bits per heavy atom. The van der Waals surface area contributed by atoms with E-state index in [0.29, 0.717) is 24.7 Å². The maximum atomic E-state index is 12.6. The summed E-state index contributed by atoms with van der Waals surface area (Å²) in [6, 6.07) is 14.7.